The van der Waals surface area contributed by atoms with Gasteiger partial charge in [0.25, 0.3) is 0 Å². The Hall–Kier alpha value is -2.04. The Morgan fingerprint density at radius 1 is 1.56 bits per heavy atom. The highest BCUT2D eigenvalue weighted by Crippen LogP contribution is 2.29. The van der Waals surface area contributed by atoms with Crippen molar-refractivity contribution in [2.45, 2.75) is 19.8 Å². The maximum absolute atomic E-state index is 11.9. The number of nitrogens with two attached hydrogens (primary N) is 1. The summed E-state index contributed by atoms with van der Waals surface area (Å²) in [7, 11) is 0. The molecule has 0 spiro atoms. The molecular weight excluding hydrogens is 232 g/mol. The van der Waals surface area contributed by atoms with Crippen molar-refractivity contribution in [2.24, 2.45) is 5.92 Å². The number of carbonyl (C=O) groups excluding carboxylic acids is 1. The first kappa shape index (κ1) is 12.4. The topological polar surface area (TPSA) is 83.6 Å². The van der Waals surface area contributed by atoms with Crippen LogP contribution in [0.25, 0.3) is 0 Å². The molecule has 18 heavy (non-hydrogen) atoms. The van der Waals surface area contributed by atoms with E-state index < -0.39 is 11.9 Å². The number of carboxylic acid groups (broad SMARTS) is 1. The SMILES string of the molecule is CCc1cc(N)ccc1N1C[C@H](C(=O)O)CC1=O. The number of benzene rings is 1. The van der Waals surface area contributed by atoms with Gasteiger partial charge in [-0.25, -0.2) is 0 Å². The van der Waals surface area contributed by atoms with E-state index in [0.717, 1.165) is 17.7 Å². The van der Waals surface area contributed by atoms with Crippen LogP contribution in [0.2, 0.25) is 0 Å². The standard InChI is InChI=1S/C13H16N2O3/c1-2-8-5-10(14)3-4-11(8)15-7-9(13(17)18)6-12(15)16/h3-5,9H,2,6-7,14H2,1H3,(H,17,18)/t9-/m1/s1. The third-order valence-corrected chi connectivity index (χ3v) is 3.25. The number of aryl methyl sites for hydroxylation is 1. The molecule has 3 N–H and O–H groups in total. The van der Waals surface area contributed by atoms with Gasteiger partial charge in [0, 0.05) is 24.3 Å². The number of nitrogens with zero attached hydrogens (tertiary/aromatic N) is 1. The van der Waals surface area contributed by atoms with E-state index in [1.165, 1.54) is 0 Å². The first-order chi connectivity index (χ1) is 8.52. The van der Waals surface area contributed by atoms with Crippen LogP contribution in [0.3, 0.4) is 0 Å². The third-order valence-electron chi connectivity index (χ3n) is 3.25. The predicted molar refractivity (Wildman–Crippen MR) is 68.3 cm³/mol. The van der Waals surface area contributed by atoms with Crippen LogP contribution in [0.5, 0.6) is 0 Å². The van der Waals surface area contributed by atoms with Gasteiger partial charge in [0.15, 0.2) is 0 Å². The lowest BCUT2D eigenvalue weighted by Crippen LogP contribution is -2.26. The molecule has 1 atom stereocenters. The normalized spacial score (nSPS) is 19.3. The fraction of sp³-hybridized carbons (Fsp3) is 0.385. The smallest absolute Gasteiger partial charge is 0.308 e. The first-order valence-electron chi connectivity index (χ1n) is 5.94. The minimum Gasteiger partial charge on any atom is -0.481 e. The highest BCUT2D eigenvalue weighted by atomic mass is 16.4. The number of aliphatic carboxylic acids is 1. The Kier molecular flexibility index (Phi) is 3.23. The molecular formula is C13H16N2O3. The zero-order chi connectivity index (χ0) is 13.3. The molecule has 0 aliphatic carbocycles. The molecule has 0 aromatic heterocycles. The molecule has 5 heteroatoms. The lowest BCUT2D eigenvalue weighted by atomic mass is 10.1. The number of carboxylic acids is 1. The van der Waals surface area contributed by atoms with E-state index in [4.69, 9.17) is 10.8 Å². The van der Waals surface area contributed by atoms with Crippen molar-refractivity contribution >= 4 is 23.3 Å². The Morgan fingerprint density at radius 3 is 2.83 bits per heavy atom. The van der Waals surface area contributed by atoms with E-state index in [9.17, 15) is 9.59 Å². The molecule has 96 valence electrons. The van der Waals surface area contributed by atoms with Gasteiger partial charge in [-0.3, -0.25) is 9.59 Å². The molecule has 1 aromatic carbocycles. The van der Waals surface area contributed by atoms with E-state index in [2.05, 4.69) is 0 Å². The highest BCUT2D eigenvalue weighted by molar-refractivity contribution is 5.99. The van der Waals surface area contributed by atoms with Crippen LogP contribution in [0.1, 0.15) is 18.9 Å². The van der Waals surface area contributed by atoms with Gasteiger partial charge in [0.05, 0.1) is 5.92 Å². The molecule has 1 aliphatic rings. The monoisotopic (exact) mass is 248 g/mol. The van der Waals surface area contributed by atoms with Gasteiger partial charge in [0.1, 0.15) is 0 Å². The summed E-state index contributed by atoms with van der Waals surface area (Å²) >= 11 is 0. The Morgan fingerprint density at radius 2 is 2.28 bits per heavy atom. The molecule has 0 unspecified atom stereocenters. The van der Waals surface area contributed by atoms with Crippen molar-refractivity contribution in [3.8, 4) is 0 Å². The van der Waals surface area contributed by atoms with Crippen LogP contribution in [0.4, 0.5) is 11.4 Å². The summed E-state index contributed by atoms with van der Waals surface area (Å²) < 4.78 is 0. The quantitative estimate of drug-likeness (QED) is 0.789. The van der Waals surface area contributed by atoms with E-state index in [1.807, 2.05) is 13.0 Å². The van der Waals surface area contributed by atoms with Crippen molar-refractivity contribution in [1.29, 1.82) is 0 Å². The summed E-state index contributed by atoms with van der Waals surface area (Å²) in [5.41, 5.74) is 8.11. The minimum absolute atomic E-state index is 0.0723. The van der Waals surface area contributed by atoms with Crippen molar-refractivity contribution < 1.29 is 14.7 Å². The third kappa shape index (κ3) is 2.16. The Labute approximate surface area is 105 Å². The van der Waals surface area contributed by atoms with Crippen LogP contribution in [-0.2, 0) is 16.0 Å². The van der Waals surface area contributed by atoms with E-state index in [1.54, 1.807) is 17.0 Å². The fourth-order valence-corrected chi connectivity index (χ4v) is 2.26. The molecule has 1 aromatic rings. The van der Waals surface area contributed by atoms with Crippen LogP contribution >= 0.6 is 0 Å². The van der Waals surface area contributed by atoms with Gasteiger partial charge >= 0.3 is 5.97 Å². The zero-order valence-corrected chi connectivity index (χ0v) is 10.2. The number of rotatable bonds is 3. The van der Waals surface area contributed by atoms with Crippen LogP contribution in [0.15, 0.2) is 18.2 Å². The first-order valence-corrected chi connectivity index (χ1v) is 5.94. The van der Waals surface area contributed by atoms with Crippen molar-refractivity contribution in [3.05, 3.63) is 23.8 Å². The summed E-state index contributed by atoms with van der Waals surface area (Å²) in [6.45, 7) is 2.22. The van der Waals surface area contributed by atoms with Gasteiger partial charge in [-0.1, -0.05) is 6.92 Å². The Bertz CT molecular complexity index is 499. The van der Waals surface area contributed by atoms with Crippen LogP contribution < -0.4 is 10.6 Å². The number of amides is 1. The second-order valence-electron chi connectivity index (χ2n) is 4.49. The van der Waals surface area contributed by atoms with E-state index in [0.29, 0.717) is 5.69 Å². The summed E-state index contributed by atoms with van der Waals surface area (Å²) in [4.78, 5) is 24.4. The van der Waals surface area contributed by atoms with Gasteiger partial charge in [0.2, 0.25) is 5.91 Å². The molecule has 1 amide bonds. The van der Waals surface area contributed by atoms with Gasteiger partial charge in [-0.15, -0.1) is 0 Å². The number of hydrogen-bond acceptors (Lipinski definition) is 3. The van der Waals surface area contributed by atoms with Gasteiger partial charge < -0.3 is 15.7 Å². The average molecular weight is 248 g/mol. The lowest BCUT2D eigenvalue weighted by Gasteiger charge is -2.20. The summed E-state index contributed by atoms with van der Waals surface area (Å²) in [6.07, 6.45) is 0.824. The van der Waals surface area contributed by atoms with Gasteiger partial charge in [-0.05, 0) is 30.2 Å². The average Bonchev–Trinajstić information content (AvgIpc) is 2.71. The number of carbonyl (C=O) groups is 2. The van der Waals surface area contributed by atoms with Crippen LogP contribution in [-0.4, -0.2) is 23.5 Å². The summed E-state index contributed by atoms with van der Waals surface area (Å²) in [5.74, 6) is -1.67. The molecule has 0 radical (unpaired) electrons. The number of anilines is 2. The van der Waals surface area contributed by atoms with Gasteiger partial charge in [-0.2, -0.15) is 0 Å². The minimum atomic E-state index is -0.917. The Balaban J connectivity index is 2.32. The maximum Gasteiger partial charge on any atom is 0.308 e. The van der Waals surface area contributed by atoms with Crippen molar-refractivity contribution in [2.75, 3.05) is 17.2 Å². The molecule has 0 saturated carbocycles. The second-order valence-corrected chi connectivity index (χ2v) is 4.49. The lowest BCUT2D eigenvalue weighted by molar-refractivity contribution is -0.141. The molecule has 1 saturated heterocycles. The molecule has 1 aliphatic heterocycles. The molecule has 2 rings (SSSR count). The molecule has 0 bridgehead atoms. The highest BCUT2D eigenvalue weighted by Gasteiger charge is 2.35. The van der Waals surface area contributed by atoms with Crippen LogP contribution in [0, 0.1) is 5.92 Å². The van der Waals surface area contributed by atoms with Crippen molar-refractivity contribution in [3.63, 3.8) is 0 Å². The maximum atomic E-state index is 11.9. The zero-order valence-electron chi connectivity index (χ0n) is 10.2. The van der Waals surface area contributed by atoms with E-state index >= 15 is 0 Å². The number of nitrogen functional groups attached to an aromatic ring is 1. The predicted octanol–water partition coefficient (Wildman–Crippen LogP) is 1.27. The fourth-order valence-electron chi connectivity index (χ4n) is 2.26. The number of hydrogen-bond donors (Lipinski definition) is 2. The molecule has 5 nitrogen and oxygen atoms in total. The molecule has 1 fully saturated rings. The summed E-state index contributed by atoms with van der Waals surface area (Å²) in [5, 5.41) is 8.97. The largest absolute Gasteiger partial charge is 0.481 e. The van der Waals surface area contributed by atoms with E-state index in [-0.39, 0.29) is 18.9 Å². The second kappa shape index (κ2) is 4.68. The summed E-state index contributed by atoms with van der Waals surface area (Å²) in [6, 6.07) is 5.35. The molecule has 1 heterocycles. The van der Waals surface area contributed by atoms with Crippen molar-refractivity contribution in [1.82, 2.24) is 0 Å².